The number of hydrogen-bond donors (Lipinski definition) is 1. The first-order chi connectivity index (χ1) is 14.8. The Bertz CT molecular complexity index is 970. The van der Waals surface area contributed by atoms with Crippen molar-refractivity contribution in [3.63, 3.8) is 0 Å². The molecule has 1 aromatic heterocycles. The fourth-order valence-corrected chi connectivity index (χ4v) is 4.22. The van der Waals surface area contributed by atoms with Crippen LogP contribution < -0.4 is 5.32 Å². The van der Waals surface area contributed by atoms with Crippen molar-refractivity contribution >= 4 is 5.91 Å². The number of aromatic nitrogens is 1. The monoisotopic (exact) mass is 396 g/mol. The molecule has 1 aliphatic rings. The van der Waals surface area contributed by atoms with E-state index in [9.17, 15) is 4.79 Å². The van der Waals surface area contributed by atoms with Crippen LogP contribution in [-0.2, 0) is 16.6 Å². The Morgan fingerprint density at radius 1 is 1.00 bits per heavy atom. The summed E-state index contributed by atoms with van der Waals surface area (Å²) >= 11 is 0. The third-order valence-electron chi connectivity index (χ3n) is 5.96. The van der Waals surface area contributed by atoms with E-state index in [2.05, 4.69) is 71.0 Å². The van der Waals surface area contributed by atoms with E-state index in [1.165, 1.54) is 16.7 Å². The number of unbranched alkanes of at least 4 members (excludes halogenated alkanes) is 1. The number of carbonyl (C=O) groups excluding carboxylic acids is 1. The Labute approximate surface area is 178 Å². The van der Waals surface area contributed by atoms with E-state index >= 15 is 0 Å². The molecular weight excluding hydrogens is 368 g/mol. The Morgan fingerprint density at radius 3 is 2.50 bits per heavy atom. The van der Waals surface area contributed by atoms with E-state index in [0.717, 1.165) is 25.7 Å². The molecular formula is C27H28N2O. The molecule has 1 N–H and O–H groups in total. The maximum atomic E-state index is 12.4. The van der Waals surface area contributed by atoms with Gasteiger partial charge in [0.15, 0.2) is 0 Å². The summed E-state index contributed by atoms with van der Waals surface area (Å²) in [5.74, 6) is 0.412. The van der Waals surface area contributed by atoms with Crippen molar-refractivity contribution < 1.29 is 4.79 Å². The average Bonchev–Trinajstić information content (AvgIpc) is 3.55. The fraction of sp³-hybridized carbons (Fsp3) is 0.259. The normalized spacial score (nSPS) is 20.2. The van der Waals surface area contributed by atoms with Crippen LogP contribution in [0.25, 0.3) is 0 Å². The van der Waals surface area contributed by atoms with Crippen LogP contribution >= 0.6 is 0 Å². The van der Waals surface area contributed by atoms with Gasteiger partial charge in [-0.2, -0.15) is 0 Å². The van der Waals surface area contributed by atoms with E-state index < -0.39 is 0 Å². The van der Waals surface area contributed by atoms with Crippen molar-refractivity contribution in [2.24, 2.45) is 0 Å². The maximum absolute atomic E-state index is 12.4. The summed E-state index contributed by atoms with van der Waals surface area (Å²) < 4.78 is 0. The van der Waals surface area contributed by atoms with Gasteiger partial charge in [0.05, 0.1) is 0 Å². The van der Waals surface area contributed by atoms with Crippen LogP contribution in [0.15, 0.2) is 97.3 Å². The van der Waals surface area contributed by atoms with Gasteiger partial charge in [0.25, 0.3) is 0 Å². The molecule has 1 aliphatic carbocycles. The minimum absolute atomic E-state index is 0.00889. The van der Waals surface area contributed by atoms with Gasteiger partial charge in [-0.05, 0) is 60.4 Å². The zero-order valence-corrected chi connectivity index (χ0v) is 17.2. The molecule has 0 spiro atoms. The fourth-order valence-electron chi connectivity index (χ4n) is 4.22. The van der Waals surface area contributed by atoms with Gasteiger partial charge in [-0.15, -0.1) is 0 Å². The minimum atomic E-state index is -0.0831. The smallest absolute Gasteiger partial charge is 0.243 e. The molecule has 1 amide bonds. The number of hydrogen-bond acceptors (Lipinski definition) is 2. The highest BCUT2D eigenvalue weighted by molar-refractivity contribution is 5.88. The minimum Gasteiger partial charge on any atom is -0.353 e. The largest absolute Gasteiger partial charge is 0.353 e. The zero-order chi connectivity index (χ0) is 20.7. The van der Waals surface area contributed by atoms with Crippen molar-refractivity contribution in [3.8, 4) is 0 Å². The SMILES string of the molecule is O=C(C=C[C@]1(c2ccccc2)C[C@H]1c1ccccc1)NCCCCc1cccnc1. The van der Waals surface area contributed by atoms with Crippen LogP contribution in [-0.4, -0.2) is 17.4 Å². The van der Waals surface area contributed by atoms with Gasteiger partial charge in [0.1, 0.15) is 0 Å². The van der Waals surface area contributed by atoms with Crippen LogP contribution in [0.1, 0.15) is 41.9 Å². The summed E-state index contributed by atoms with van der Waals surface area (Å²) in [6, 6.07) is 25.2. The van der Waals surface area contributed by atoms with Crippen molar-refractivity contribution in [3.05, 3.63) is 114 Å². The molecule has 3 aromatic rings. The van der Waals surface area contributed by atoms with E-state index in [-0.39, 0.29) is 11.3 Å². The second-order valence-electron chi connectivity index (χ2n) is 8.02. The molecule has 1 fully saturated rings. The highest BCUT2D eigenvalue weighted by atomic mass is 16.1. The highest BCUT2D eigenvalue weighted by Gasteiger charge is 2.53. The average molecular weight is 397 g/mol. The molecule has 0 saturated heterocycles. The predicted octanol–water partition coefficient (Wildman–Crippen LogP) is 5.20. The summed E-state index contributed by atoms with van der Waals surface area (Å²) in [5, 5.41) is 3.03. The summed E-state index contributed by atoms with van der Waals surface area (Å²) in [7, 11) is 0. The number of nitrogens with zero attached hydrogens (tertiary/aromatic N) is 1. The molecule has 1 heterocycles. The topological polar surface area (TPSA) is 42.0 Å². The van der Waals surface area contributed by atoms with Gasteiger partial charge in [-0.3, -0.25) is 9.78 Å². The number of allylic oxidation sites excluding steroid dienone is 1. The highest BCUT2D eigenvalue weighted by Crippen LogP contribution is 2.61. The summed E-state index contributed by atoms with van der Waals surface area (Å²) in [6.07, 6.45) is 11.6. The molecule has 2 atom stereocenters. The zero-order valence-electron chi connectivity index (χ0n) is 17.2. The molecule has 152 valence electrons. The molecule has 0 unspecified atom stereocenters. The van der Waals surface area contributed by atoms with Gasteiger partial charge in [-0.25, -0.2) is 0 Å². The summed E-state index contributed by atoms with van der Waals surface area (Å²) in [6.45, 7) is 0.698. The Balaban J connectivity index is 1.32. The first-order valence-electron chi connectivity index (χ1n) is 10.7. The predicted molar refractivity (Wildman–Crippen MR) is 121 cm³/mol. The van der Waals surface area contributed by atoms with Crippen molar-refractivity contribution in [2.75, 3.05) is 6.54 Å². The summed E-state index contributed by atoms with van der Waals surface area (Å²) in [4.78, 5) is 16.6. The van der Waals surface area contributed by atoms with Gasteiger partial charge in [0, 0.05) is 24.4 Å². The third kappa shape index (κ3) is 4.85. The molecule has 3 nitrogen and oxygen atoms in total. The van der Waals surface area contributed by atoms with Crippen LogP contribution in [0.3, 0.4) is 0 Å². The lowest BCUT2D eigenvalue weighted by Crippen LogP contribution is -2.22. The number of amides is 1. The van der Waals surface area contributed by atoms with E-state index in [4.69, 9.17) is 0 Å². The van der Waals surface area contributed by atoms with E-state index in [0.29, 0.717) is 12.5 Å². The Hall–Kier alpha value is -3.20. The maximum Gasteiger partial charge on any atom is 0.243 e. The van der Waals surface area contributed by atoms with Gasteiger partial charge in [0.2, 0.25) is 5.91 Å². The molecule has 4 rings (SSSR count). The molecule has 3 heteroatoms. The lowest BCUT2D eigenvalue weighted by Gasteiger charge is -2.14. The molecule has 30 heavy (non-hydrogen) atoms. The second kappa shape index (κ2) is 9.53. The van der Waals surface area contributed by atoms with Crippen molar-refractivity contribution in [1.82, 2.24) is 10.3 Å². The van der Waals surface area contributed by atoms with Crippen LogP contribution in [0.2, 0.25) is 0 Å². The molecule has 0 radical (unpaired) electrons. The second-order valence-corrected chi connectivity index (χ2v) is 8.02. The van der Waals surface area contributed by atoms with E-state index in [1.807, 2.05) is 24.4 Å². The van der Waals surface area contributed by atoms with Gasteiger partial charge < -0.3 is 5.32 Å². The Morgan fingerprint density at radius 2 is 1.77 bits per heavy atom. The van der Waals surface area contributed by atoms with Crippen molar-refractivity contribution in [2.45, 2.75) is 37.0 Å². The Kier molecular flexibility index (Phi) is 6.38. The number of nitrogens with one attached hydrogen (secondary N) is 1. The van der Waals surface area contributed by atoms with Crippen molar-refractivity contribution in [1.29, 1.82) is 0 Å². The molecule has 2 aromatic carbocycles. The molecule has 0 aliphatic heterocycles. The van der Waals surface area contributed by atoms with E-state index in [1.54, 1.807) is 12.3 Å². The third-order valence-corrected chi connectivity index (χ3v) is 5.96. The summed E-state index contributed by atoms with van der Waals surface area (Å²) in [5.41, 5.74) is 3.77. The number of benzene rings is 2. The number of pyridine rings is 1. The quantitative estimate of drug-likeness (QED) is 0.399. The van der Waals surface area contributed by atoms with Crippen LogP contribution in [0.5, 0.6) is 0 Å². The lowest BCUT2D eigenvalue weighted by atomic mass is 9.90. The molecule has 0 bridgehead atoms. The first-order valence-corrected chi connectivity index (χ1v) is 10.7. The van der Waals surface area contributed by atoms with Gasteiger partial charge in [-0.1, -0.05) is 72.8 Å². The molecule has 1 saturated carbocycles. The lowest BCUT2D eigenvalue weighted by molar-refractivity contribution is -0.116. The number of aryl methyl sites for hydroxylation is 1. The first kappa shape index (κ1) is 20.1. The van der Waals surface area contributed by atoms with Crippen LogP contribution in [0, 0.1) is 0 Å². The number of rotatable bonds is 9. The number of carbonyl (C=O) groups is 1. The van der Waals surface area contributed by atoms with Gasteiger partial charge >= 0.3 is 0 Å². The standard InChI is InChI=1S/C27H28N2O/c30-26(29-19-8-7-10-22-11-9-18-28-21-22)16-17-27(24-14-5-2-6-15-24)20-25(27)23-12-3-1-4-13-23/h1-6,9,11-18,21,25H,7-8,10,19-20H2,(H,29,30)/t25-,27+/m0/s1. The van der Waals surface area contributed by atoms with Crippen LogP contribution in [0.4, 0.5) is 0 Å².